The van der Waals surface area contributed by atoms with Crippen LogP contribution in [0.2, 0.25) is 0 Å². The SMILES string of the molecule is CCNc1nc(=S)nc(N2CCCCC2)[nH]1. The Kier molecular flexibility index (Phi) is 3.71. The van der Waals surface area contributed by atoms with E-state index in [9.17, 15) is 0 Å². The summed E-state index contributed by atoms with van der Waals surface area (Å²) in [4.78, 5) is 13.8. The van der Waals surface area contributed by atoms with Crippen molar-refractivity contribution in [3.05, 3.63) is 4.77 Å². The molecule has 0 amide bonds. The molecule has 1 aliphatic rings. The number of nitrogens with one attached hydrogen (secondary N) is 2. The molecule has 16 heavy (non-hydrogen) atoms. The molecule has 2 N–H and O–H groups in total. The molecule has 0 aromatic carbocycles. The average Bonchev–Trinajstić information content (AvgIpc) is 2.30. The van der Waals surface area contributed by atoms with Crippen LogP contribution in [0.15, 0.2) is 0 Å². The van der Waals surface area contributed by atoms with Crippen molar-refractivity contribution < 1.29 is 0 Å². The fourth-order valence-corrected chi connectivity index (χ4v) is 2.06. The van der Waals surface area contributed by atoms with Crippen LogP contribution in [0.4, 0.5) is 11.9 Å². The van der Waals surface area contributed by atoms with E-state index >= 15 is 0 Å². The van der Waals surface area contributed by atoms with Gasteiger partial charge in [-0.1, -0.05) is 0 Å². The zero-order valence-corrected chi connectivity index (χ0v) is 10.3. The number of hydrogen-bond acceptors (Lipinski definition) is 5. The molecule has 0 spiro atoms. The van der Waals surface area contributed by atoms with Gasteiger partial charge in [0.2, 0.25) is 16.7 Å². The molecule has 1 aliphatic heterocycles. The van der Waals surface area contributed by atoms with Crippen molar-refractivity contribution >= 4 is 24.1 Å². The molecule has 0 saturated carbocycles. The molecule has 0 unspecified atom stereocenters. The van der Waals surface area contributed by atoms with E-state index in [0.29, 0.717) is 10.7 Å². The van der Waals surface area contributed by atoms with E-state index in [2.05, 4.69) is 25.2 Å². The highest BCUT2D eigenvalue weighted by molar-refractivity contribution is 7.71. The average molecular weight is 239 g/mol. The van der Waals surface area contributed by atoms with Gasteiger partial charge in [0.25, 0.3) is 0 Å². The number of hydrogen-bond donors (Lipinski definition) is 2. The van der Waals surface area contributed by atoms with Gasteiger partial charge in [-0.2, -0.15) is 9.97 Å². The Morgan fingerprint density at radius 2 is 2.06 bits per heavy atom. The highest BCUT2D eigenvalue weighted by atomic mass is 32.1. The van der Waals surface area contributed by atoms with Crippen molar-refractivity contribution in [2.24, 2.45) is 0 Å². The van der Waals surface area contributed by atoms with Crippen molar-refractivity contribution in [1.82, 2.24) is 15.0 Å². The van der Waals surface area contributed by atoms with Gasteiger partial charge in [-0.3, -0.25) is 4.98 Å². The number of aromatic nitrogens is 3. The Hall–Kier alpha value is -1.17. The predicted molar refractivity (Wildman–Crippen MR) is 67.4 cm³/mol. The van der Waals surface area contributed by atoms with Crippen LogP contribution >= 0.6 is 12.2 Å². The molecule has 1 aromatic heterocycles. The van der Waals surface area contributed by atoms with Crippen LogP contribution in [0.25, 0.3) is 0 Å². The van der Waals surface area contributed by atoms with Gasteiger partial charge in [-0.25, -0.2) is 0 Å². The molecule has 88 valence electrons. The number of nitrogens with zero attached hydrogens (tertiary/aromatic N) is 3. The topological polar surface area (TPSA) is 56.8 Å². The summed E-state index contributed by atoms with van der Waals surface area (Å²) in [5, 5.41) is 3.13. The summed E-state index contributed by atoms with van der Waals surface area (Å²) in [5.74, 6) is 1.55. The van der Waals surface area contributed by atoms with E-state index in [-0.39, 0.29) is 0 Å². The number of anilines is 2. The summed E-state index contributed by atoms with van der Waals surface area (Å²) >= 11 is 5.06. The molecule has 0 aliphatic carbocycles. The lowest BCUT2D eigenvalue weighted by Crippen LogP contribution is -2.31. The molecule has 1 saturated heterocycles. The second-order valence-corrected chi connectivity index (χ2v) is 4.25. The van der Waals surface area contributed by atoms with Crippen LogP contribution in [0.1, 0.15) is 26.2 Å². The van der Waals surface area contributed by atoms with E-state index in [1.165, 1.54) is 19.3 Å². The lowest BCUT2D eigenvalue weighted by atomic mass is 10.1. The summed E-state index contributed by atoms with van der Waals surface area (Å²) in [6.45, 7) is 4.95. The molecule has 5 nitrogen and oxygen atoms in total. The van der Waals surface area contributed by atoms with Gasteiger partial charge in [-0.15, -0.1) is 0 Å². The third-order valence-electron chi connectivity index (χ3n) is 2.64. The first-order valence-electron chi connectivity index (χ1n) is 5.77. The lowest BCUT2D eigenvalue weighted by molar-refractivity contribution is 0.567. The van der Waals surface area contributed by atoms with Crippen molar-refractivity contribution in [3.63, 3.8) is 0 Å². The molecule has 0 atom stereocenters. The van der Waals surface area contributed by atoms with Crippen LogP contribution in [-0.4, -0.2) is 34.6 Å². The van der Waals surface area contributed by atoms with E-state index < -0.39 is 0 Å². The van der Waals surface area contributed by atoms with Gasteiger partial charge in [0, 0.05) is 19.6 Å². The maximum absolute atomic E-state index is 5.06. The van der Waals surface area contributed by atoms with Crippen molar-refractivity contribution in [3.8, 4) is 0 Å². The molecule has 0 bridgehead atoms. The standard InChI is InChI=1S/C10H17N5S/c1-2-11-8-12-9(14-10(16)13-8)15-6-4-3-5-7-15/h2-7H2,1H3,(H2,11,12,13,14,16). The Morgan fingerprint density at radius 3 is 2.75 bits per heavy atom. The maximum Gasteiger partial charge on any atom is 0.225 e. The minimum Gasteiger partial charge on any atom is -0.356 e. The number of piperidine rings is 1. The van der Waals surface area contributed by atoms with E-state index in [1.54, 1.807) is 0 Å². The maximum atomic E-state index is 5.06. The largest absolute Gasteiger partial charge is 0.356 e. The number of rotatable bonds is 3. The van der Waals surface area contributed by atoms with Crippen LogP contribution in [0, 0.1) is 4.77 Å². The Bertz CT molecular complexity index is 396. The van der Waals surface area contributed by atoms with Crippen LogP contribution in [0.5, 0.6) is 0 Å². The highest BCUT2D eigenvalue weighted by Gasteiger charge is 2.13. The van der Waals surface area contributed by atoms with Crippen LogP contribution < -0.4 is 10.2 Å². The zero-order chi connectivity index (χ0) is 11.4. The Balaban J connectivity index is 2.21. The second-order valence-electron chi connectivity index (χ2n) is 3.88. The first-order chi connectivity index (χ1) is 7.79. The van der Waals surface area contributed by atoms with Gasteiger partial charge in [-0.05, 0) is 38.4 Å². The molecule has 0 radical (unpaired) electrons. The van der Waals surface area contributed by atoms with Gasteiger partial charge in [0.05, 0.1) is 0 Å². The zero-order valence-electron chi connectivity index (χ0n) is 9.49. The summed E-state index contributed by atoms with van der Waals surface area (Å²) in [6, 6.07) is 0. The minimum absolute atomic E-state index is 0.398. The lowest BCUT2D eigenvalue weighted by Gasteiger charge is -2.27. The van der Waals surface area contributed by atoms with Gasteiger partial charge >= 0.3 is 0 Å². The molecular formula is C10H17N5S. The first kappa shape index (κ1) is 11.3. The summed E-state index contributed by atoms with van der Waals surface area (Å²) in [5.41, 5.74) is 0. The Labute approximate surface area is 100 Å². The fraction of sp³-hybridized carbons (Fsp3) is 0.700. The normalized spacial score (nSPS) is 16.2. The predicted octanol–water partition coefficient (Wildman–Crippen LogP) is 1.96. The van der Waals surface area contributed by atoms with Crippen LogP contribution in [-0.2, 0) is 0 Å². The van der Waals surface area contributed by atoms with E-state index in [0.717, 1.165) is 25.6 Å². The summed E-state index contributed by atoms with van der Waals surface area (Å²) < 4.78 is 0.398. The van der Waals surface area contributed by atoms with Gasteiger partial charge < -0.3 is 10.2 Å². The summed E-state index contributed by atoms with van der Waals surface area (Å²) in [6.07, 6.45) is 3.75. The van der Waals surface area contributed by atoms with Gasteiger partial charge in [0.1, 0.15) is 0 Å². The number of H-pyrrole nitrogens is 1. The van der Waals surface area contributed by atoms with E-state index in [1.807, 2.05) is 6.92 Å². The third-order valence-corrected chi connectivity index (χ3v) is 2.82. The summed E-state index contributed by atoms with van der Waals surface area (Å²) in [7, 11) is 0. The smallest absolute Gasteiger partial charge is 0.225 e. The molecule has 2 rings (SSSR count). The number of aromatic amines is 1. The monoisotopic (exact) mass is 239 g/mol. The Morgan fingerprint density at radius 1 is 1.31 bits per heavy atom. The molecule has 6 heteroatoms. The minimum atomic E-state index is 0.398. The van der Waals surface area contributed by atoms with Crippen molar-refractivity contribution in [2.75, 3.05) is 29.9 Å². The fourth-order valence-electron chi connectivity index (χ4n) is 1.88. The quantitative estimate of drug-likeness (QED) is 0.790. The first-order valence-corrected chi connectivity index (χ1v) is 6.17. The molecule has 1 fully saturated rings. The molecule has 2 heterocycles. The molecular weight excluding hydrogens is 222 g/mol. The second kappa shape index (κ2) is 5.25. The third kappa shape index (κ3) is 2.69. The molecule has 1 aromatic rings. The van der Waals surface area contributed by atoms with Crippen molar-refractivity contribution in [2.45, 2.75) is 26.2 Å². The van der Waals surface area contributed by atoms with Gasteiger partial charge in [0.15, 0.2) is 0 Å². The van der Waals surface area contributed by atoms with Crippen LogP contribution in [0.3, 0.4) is 0 Å². The van der Waals surface area contributed by atoms with Crippen molar-refractivity contribution in [1.29, 1.82) is 0 Å². The van der Waals surface area contributed by atoms with E-state index in [4.69, 9.17) is 12.2 Å². The highest BCUT2D eigenvalue weighted by Crippen LogP contribution is 2.15.